The minimum Gasteiger partial charge on any atom is -0.393 e. The summed E-state index contributed by atoms with van der Waals surface area (Å²) in [6.07, 6.45) is 8.41. The fourth-order valence-corrected chi connectivity index (χ4v) is 2.95. The van der Waals surface area contributed by atoms with E-state index in [2.05, 4.69) is 4.90 Å². The standard InChI is InChI=1S/C15H29NO3/c1-18-10-4-2-3-7-16-8-5-14(6-9-16)19-15-11-13(17)12-15/h13-15,17H,2-12H2,1H3. The lowest BCUT2D eigenvalue weighted by Crippen LogP contribution is -2.43. The molecule has 1 N–H and O–H groups in total. The molecule has 0 radical (unpaired) electrons. The average Bonchev–Trinajstić information content (AvgIpc) is 2.39. The Bertz CT molecular complexity index is 236. The van der Waals surface area contributed by atoms with Crippen LogP contribution in [0.3, 0.4) is 0 Å². The van der Waals surface area contributed by atoms with Gasteiger partial charge >= 0.3 is 0 Å². The number of aliphatic hydroxyl groups excluding tert-OH is 1. The van der Waals surface area contributed by atoms with Crippen LogP contribution in [0.5, 0.6) is 0 Å². The van der Waals surface area contributed by atoms with E-state index in [0.717, 1.165) is 32.3 Å². The fraction of sp³-hybridized carbons (Fsp3) is 1.00. The molecule has 0 aromatic heterocycles. The van der Waals surface area contributed by atoms with E-state index in [1.165, 1.54) is 38.9 Å². The Hall–Kier alpha value is -0.160. The number of hydrogen-bond acceptors (Lipinski definition) is 4. The summed E-state index contributed by atoms with van der Waals surface area (Å²) in [6, 6.07) is 0. The second-order valence-corrected chi connectivity index (χ2v) is 5.98. The van der Waals surface area contributed by atoms with Crippen molar-refractivity contribution in [1.82, 2.24) is 4.90 Å². The van der Waals surface area contributed by atoms with Crippen molar-refractivity contribution in [3.05, 3.63) is 0 Å². The molecule has 0 unspecified atom stereocenters. The van der Waals surface area contributed by atoms with Gasteiger partial charge in [0.05, 0.1) is 18.3 Å². The molecule has 1 heterocycles. The van der Waals surface area contributed by atoms with Gasteiger partial charge in [0.25, 0.3) is 0 Å². The summed E-state index contributed by atoms with van der Waals surface area (Å²) in [5.74, 6) is 0. The summed E-state index contributed by atoms with van der Waals surface area (Å²) >= 11 is 0. The van der Waals surface area contributed by atoms with Gasteiger partial charge in [0.2, 0.25) is 0 Å². The predicted octanol–water partition coefficient (Wildman–Crippen LogP) is 1.81. The minimum atomic E-state index is -0.0998. The molecule has 19 heavy (non-hydrogen) atoms. The predicted molar refractivity (Wildman–Crippen MR) is 75.3 cm³/mol. The third-order valence-electron chi connectivity index (χ3n) is 4.31. The van der Waals surface area contributed by atoms with Gasteiger partial charge < -0.3 is 19.5 Å². The lowest BCUT2D eigenvalue weighted by molar-refractivity contribution is -0.116. The zero-order chi connectivity index (χ0) is 13.5. The molecule has 112 valence electrons. The van der Waals surface area contributed by atoms with Crippen LogP contribution in [0.4, 0.5) is 0 Å². The monoisotopic (exact) mass is 271 g/mol. The highest BCUT2D eigenvalue weighted by atomic mass is 16.5. The van der Waals surface area contributed by atoms with Gasteiger partial charge in [-0.25, -0.2) is 0 Å². The third-order valence-corrected chi connectivity index (χ3v) is 4.31. The van der Waals surface area contributed by atoms with E-state index < -0.39 is 0 Å². The molecule has 4 heteroatoms. The average molecular weight is 271 g/mol. The fourth-order valence-electron chi connectivity index (χ4n) is 2.95. The van der Waals surface area contributed by atoms with E-state index in [9.17, 15) is 5.11 Å². The highest BCUT2D eigenvalue weighted by Gasteiger charge is 2.31. The number of rotatable bonds is 8. The van der Waals surface area contributed by atoms with Crippen LogP contribution >= 0.6 is 0 Å². The molecule has 0 amide bonds. The highest BCUT2D eigenvalue weighted by Crippen LogP contribution is 2.27. The summed E-state index contributed by atoms with van der Waals surface area (Å²) in [7, 11) is 1.77. The van der Waals surface area contributed by atoms with Crippen LogP contribution in [0.15, 0.2) is 0 Å². The lowest BCUT2D eigenvalue weighted by Gasteiger charge is -2.38. The van der Waals surface area contributed by atoms with Gasteiger partial charge in [-0.05, 0) is 51.5 Å². The molecule has 0 bridgehead atoms. The van der Waals surface area contributed by atoms with Crippen LogP contribution in [-0.4, -0.2) is 61.7 Å². The molecule has 1 saturated carbocycles. The number of aliphatic hydroxyl groups is 1. The zero-order valence-electron chi connectivity index (χ0n) is 12.2. The second kappa shape index (κ2) is 8.20. The Labute approximate surface area is 117 Å². The van der Waals surface area contributed by atoms with Gasteiger partial charge in [-0.15, -0.1) is 0 Å². The van der Waals surface area contributed by atoms with Crippen LogP contribution in [0.25, 0.3) is 0 Å². The largest absolute Gasteiger partial charge is 0.393 e. The summed E-state index contributed by atoms with van der Waals surface area (Å²) < 4.78 is 11.1. The van der Waals surface area contributed by atoms with Crippen LogP contribution < -0.4 is 0 Å². The summed E-state index contributed by atoms with van der Waals surface area (Å²) in [5.41, 5.74) is 0. The van der Waals surface area contributed by atoms with Gasteiger partial charge in [-0.2, -0.15) is 0 Å². The number of nitrogens with zero attached hydrogens (tertiary/aromatic N) is 1. The summed E-state index contributed by atoms with van der Waals surface area (Å²) in [4.78, 5) is 2.56. The molecular formula is C15H29NO3. The van der Waals surface area contributed by atoms with Gasteiger partial charge in [0.1, 0.15) is 0 Å². The van der Waals surface area contributed by atoms with E-state index in [1.807, 2.05) is 0 Å². The summed E-state index contributed by atoms with van der Waals surface area (Å²) in [6.45, 7) is 4.45. The third kappa shape index (κ3) is 5.38. The number of unbranched alkanes of at least 4 members (excludes halogenated alkanes) is 2. The Morgan fingerprint density at radius 3 is 2.42 bits per heavy atom. The molecule has 2 rings (SSSR count). The van der Waals surface area contributed by atoms with Gasteiger partial charge in [-0.3, -0.25) is 0 Å². The molecule has 0 aromatic rings. The first-order chi connectivity index (χ1) is 9.28. The van der Waals surface area contributed by atoms with Crippen molar-refractivity contribution in [3.8, 4) is 0 Å². The van der Waals surface area contributed by atoms with Crippen molar-refractivity contribution in [3.63, 3.8) is 0 Å². The molecule has 0 aromatic carbocycles. The number of hydrogen-bond donors (Lipinski definition) is 1. The number of piperidine rings is 1. The first kappa shape index (κ1) is 15.2. The number of likely N-dealkylation sites (tertiary alicyclic amines) is 1. The molecular weight excluding hydrogens is 242 g/mol. The molecule has 1 saturated heterocycles. The first-order valence-electron chi connectivity index (χ1n) is 7.82. The maximum atomic E-state index is 9.25. The number of ether oxygens (including phenoxy) is 2. The molecule has 2 aliphatic rings. The van der Waals surface area contributed by atoms with Crippen molar-refractivity contribution in [2.24, 2.45) is 0 Å². The maximum absolute atomic E-state index is 9.25. The van der Waals surface area contributed by atoms with E-state index >= 15 is 0 Å². The van der Waals surface area contributed by atoms with Crippen LogP contribution in [0.1, 0.15) is 44.9 Å². The highest BCUT2D eigenvalue weighted by molar-refractivity contribution is 4.82. The zero-order valence-corrected chi connectivity index (χ0v) is 12.2. The molecule has 2 fully saturated rings. The molecule has 0 spiro atoms. The first-order valence-corrected chi connectivity index (χ1v) is 7.82. The Morgan fingerprint density at radius 1 is 1.05 bits per heavy atom. The molecule has 4 nitrogen and oxygen atoms in total. The molecule has 1 aliphatic heterocycles. The van der Waals surface area contributed by atoms with Crippen LogP contribution in [-0.2, 0) is 9.47 Å². The molecule has 1 aliphatic carbocycles. The summed E-state index contributed by atoms with van der Waals surface area (Å²) in [5, 5.41) is 9.25. The Morgan fingerprint density at radius 2 is 1.79 bits per heavy atom. The van der Waals surface area contributed by atoms with Gasteiger partial charge in [0.15, 0.2) is 0 Å². The molecule has 0 atom stereocenters. The van der Waals surface area contributed by atoms with E-state index in [1.54, 1.807) is 7.11 Å². The van der Waals surface area contributed by atoms with Crippen molar-refractivity contribution in [2.75, 3.05) is 33.4 Å². The normalized spacial score (nSPS) is 29.4. The van der Waals surface area contributed by atoms with E-state index in [-0.39, 0.29) is 6.10 Å². The van der Waals surface area contributed by atoms with Crippen molar-refractivity contribution < 1.29 is 14.6 Å². The quantitative estimate of drug-likeness (QED) is 0.684. The van der Waals surface area contributed by atoms with Crippen LogP contribution in [0, 0.1) is 0 Å². The van der Waals surface area contributed by atoms with Gasteiger partial charge in [-0.1, -0.05) is 0 Å². The Kier molecular flexibility index (Phi) is 6.57. The van der Waals surface area contributed by atoms with Gasteiger partial charge in [0, 0.05) is 26.8 Å². The number of methoxy groups -OCH3 is 1. The van der Waals surface area contributed by atoms with Crippen molar-refractivity contribution >= 4 is 0 Å². The SMILES string of the molecule is COCCCCCN1CCC(OC2CC(O)C2)CC1. The van der Waals surface area contributed by atoms with Crippen molar-refractivity contribution in [2.45, 2.75) is 63.3 Å². The minimum absolute atomic E-state index is 0.0998. The van der Waals surface area contributed by atoms with Crippen molar-refractivity contribution in [1.29, 1.82) is 0 Å². The smallest absolute Gasteiger partial charge is 0.0628 e. The van der Waals surface area contributed by atoms with Crippen LogP contribution in [0.2, 0.25) is 0 Å². The lowest BCUT2D eigenvalue weighted by atomic mass is 9.92. The topological polar surface area (TPSA) is 41.9 Å². The Balaban J connectivity index is 1.48. The maximum Gasteiger partial charge on any atom is 0.0628 e. The van der Waals surface area contributed by atoms with E-state index in [4.69, 9.17) is 9.47 Å². The van der Waals surface area contributed by atoms with E-state index in [0.29, 0.717) is 12.2 Å². The second-order valence-electron chi connectivity index (χ2n) is 5.98.